The third-order valence-electron chi connectivity index (χ3n) is 6.65. The first-order chi connectivity index (χ1) is 18.3. The molecule has 1 aromatic heterocycles. The highest BCUT2D eigenvalue weighted by atomic mass is 32.2. The number of aromatic nitrogens is 2. The van der Waals surface area contributed by atoms with Gasteiger partial charge >= 0.3 is 0 Å². The van der Waals surface area contributed by atoms with Crippen LogP contribution in [0.1, 0.15) is 25.1 Å². The van der Waals surface area contributed by atoms with Crippen LogP contribution in [-0.4, -0.2) is 62.6 Å². The average molecular weight is 531 g/mol. The molecule has 198 valence electrons. The number of hydrogen-bond acceptors (Lipinski definition) is 7. The van der Waals surface area contributed by atoms with Crippen molar-refractivity contribution in [2.45, 2.75) is 31.2 Å². The summed E-state index contributed by atoms with van der Waals surface area (Å²) in [5, 5.41) is 4.30. The van der Waals surface area contributed by atoms with Gasteiger partial charge in [-0.15, -0.1) is 0 Å². The molecule has 38 heavy (non-hydrogen) atoms. The Balaban J connectivity index is 1.39. The molecule has 1 aliphatic rings. The molecule has 4 aromatic rings. The van der Waals surface area contributed by atoms with E-state index in [1.54, 1.807) is 18.2 Å². The Hall–Kier alpha value is -3.53. The Morgan fingerprint density at radius 2 is 1.63 bits per heavy atom. The van der Waals surface area contributed by atoms with Gasteiger partial charge in [0.05, 0.1) is 16.1 Å². The second-order valence-electron chi connectivity index (χ2n) is 10.1. The van der Waals surface area contributed by atoms with Crippen molar-refractivity contribution in [3.8, 4) is 0 Å². The minimum absolute atomic E-state index is 0.182. The predicted molar refractivity (Wildman–Crippen MR) is 154 cm³/mol. The number of likely N-dealkylation sites (N-methyl/N-ethyl adjacent to an activating group) is 1. The number of para-hydroxylation sites is 1. The molecule has 9 heteroatoms. The van der Waals surface area contributed by atoms with E-state index in [0.717, 1.165) is 54.0 Å². The lowest BCUT2D eigenvalue weighted by atomic mass is 10.1. The quantitative estimate of drug-likeness (QED) is 0.349. The third-order valence-corrected chi connectivity index (χ3v) is 8.30. The lowest BCUT2D eigenvalue weighted by molar-refractivity contribution is 0.313. The van der Waals surface area contributed by atoms with E-state index in [2.05, 4.69) is 51.2 Å². The average Bonchev–Trinajstić information content (AvgIpc) is 2.89. The van der Waals surface area contributed by atoms with Gasteiger partial charge in [0.25, 0.3) is 0 Å². The second-order valence-corrected chi connectivity index (χ2v) is 11.8. The maximum atomic E-state index is 12.7. The number of piperazine rings is 1. The van der Waals surface area contributed by atoms with Crippen LogP contribution < -0.4 is 14.9 Å². The smallest absolute Gasteiger partial charge is 0.240 e. The fourth-order valence-corrected chi connectivity index (χ4v) is 6.00. The van der Waals surface area contributed by atoms with Crippen LogP contribution in [0.25, 0.3) is 10.9 Å². The largest absolute Gasteiger partial charge is 0.369 e. The van der Waals surface area contributed by atoms with Crippen LogP contribution in [0.3, 0.4) is 0 Å². The standard InChI is InChI=1S/C29H34N6O2S/c1-21(2)33-38(36,37)25-8-6-7-22(19-25)20-28-26-9-4-5-10-27(26)31-29(32-28)30-23-11-13-24(14-12-23)35-17-15-34(3)16-18-35/h4-14,19,21,33H,15-18,20H2,1-3H3,(H,30,31,32). The van der Waals surface area contributed by atoms with E-state index in [9.17, 15) is 8.42 Å². The van der Waals surface area contributed by atoms with Gasteiger partial charge in [0, 0.05) is 55.4 Å². The molecular formula is C29H34N6O2S. The van der Waals surface area contributed by atoms with Crippen molar-refractivity contribution in [2.75, 3.05) is 43.4 Å². The van der Waals surface area contributed by atoms with Crippen molar-refractivity contribution in [2.24, 2.45) is 0 Å². The van der Waals surface area contributed by atoms with Crippen LogP contribution in [0.2, 0.25) is 0 Å². The highest BCUT2D eigenvalue weighted by Crippen LogP contribution is 2.25. The van der Waals surface area contributed by atoms with Crippen LogP contribution in [-0.2, 0) is 16.4 Å². The highest BCUT2D eigenvalue weighted by molar-refractivity contribution is 7.89. The molecule has 2 N–H and O–H groups in total. The molecule has 3 aromatic carbocycles. The topological polar surface area (TPSA) is 90.5 Å². The normalized spacial score (nSPS) is 14.8. The van der Waals surface area contributed by atoms with Crippen LogP contribution in [0.15, 0.2) is 77.7 Å². The Morgan fingerprint density at radius 3 is 2.37 bits per heavy atom. The molecule has 2 heterocycles. The molecule has 1 aliphatic heterocycles. The highest BCUT2D eigenvalue weighted by Gasteiger charge is 2.17. The van der Waals surface area contributed by atoms with Crippen LogP contribution >= 0.6 is 0 Å². The van der Waals surface area contributed by atoms with Gasteiger partial charge in [0.15, 0.2) is 0 Å². The summed E-state index contributed by atoms with van der Waals surface area (Å²) in [6.45, 7) is 7.80. The van der Waals surface area contributed by atoms with Crippen molar-refractivity contribution >= 4 is 38.2 Å². The number of fused-ring (bicyclic) bond motifs is 1. The molecule has 0 aliphatic carbocycles. The molecule has 0 spiro atoms. The fourth-order valence-electron chi connectivity index (χ4n) is 4.68. The van der Waals surface area contributed by atoms with Crippen molar-refractivity contribution in [1.29, 1.82) is 0 Å². The first kappa shape index (κ1) is 26.1. The van der Waals surface area contributed by atoms with Crippen molar-refractivity contribution in [3.63, 3.8) is 0 Å². The Bertz CT molecular complexity index is 1510. The summed E-state index contributed by atoms with van der Waals surface area (Å²) >= 11 is 0. The van der Waals surface area contributed by atoms with E-state index < -0.39 is 10.0 Å². The van der Waals surface area contributed by atoms with Crippen molar-refractivity contribution < 1.29 is 8.42 Å². The minimum Gasteiger partial charge on any atom is -0.369 e. The zero-order valence-corrected chi connectivity index (χ0v) is 22.9. The lowest BCUT2D eigenvalue weighted by Crippen LogP contribution is -2.44. The van der Waals surface area contributed by atoms with E-state index in [-0.39, 0.29) is 10.9 Å². The van der Waals surface area contributed by atoms with E-state index in [1.165, 1.54) is 5.69 Å². The van der Waals surface area contributed by atoms with Gasteiger partial charge in [-0.05, 0) is 68.9 Å². The number of nitrogens with zero attached hydrogens (tertiary/aromatic N) is 4. The van der Waals surface area contributed by atoms with E-state index in [1.807, 2.05) is 44.2 Å². The molecule has 8 nitrogen and oxygen atoms in total. The van der Waals surface area contributed by atoms with Gasteiger partial charge < -0.3 is 15.1 Å². The van der Waals surface area contributed by atoms with Crippen LogP contribution in [0, 0.1) is 0 Å². The van der Waals surface area contributed by atoms with Gasteiger partial charge in [0.1, 0.15) is 0 Å². The first-order valence-corrected chi connectivity index (χ1v) is 14.4. The van der Waals surface area contributed by atoms with E-state index in [0.29, 0.717) is 12.4 Å². The van der Waals surface area contributed by atoms with Gasteiger partial charge in [-0.1, -0.05) is 30.3 Å². The molecule has 0 saturated carbocycles. The number of nitrogens with one attached hydrogen (secondary N) is 2. The zero-order valence-electron chi connectivity index (χ0n) is 22.1. The maximum absolute atomic E-state index is 12.7. The Kier molecular flexibility index (Phi) is 7.60. The second kappa shape index (κ2) is 11.1. The van der Waals surface area contributed by atoms with Gasteiger partial charge in [-0.2, -0.15) is 0 Å². The summed E-state index contributed by atoms with van der Waals surface area (Å²) < 4.78 is 28.1. The molecule has 0 atom stereocenters. The summed E-state index contributed by atoms with van der Waals surface area (Å²) in [7, 11) is -1.42. The van der Waals surface area contributed by atoms with Gasteiger partial charge in [0.2, 0.25) is 16.0 Å². The number of rotatable bonds is 8. The van der Waals surface area contributed by atoms with Gasteiger partial charge in [-0.25, -0.2) is 23.1 Å². The summed E-state index contributed by atoms with van der Waals surface area (Å²) in [6.07, 6.45) is 0.477. The summed E-state index contributed by atoms with van der Waals surface area (Å²) in [6, 6.07) is 23.1. The number of hydrogen-bond donors (Lipinski definition) is 2. The number of sulfonamides is 1. The Morgan fingerprint density at radius 1 is 0.895 bits per heavy atom. The van der Waals surface area contributed by atoms with E-state index in [4.69, 9.17) is 9.97 Å². The molecule has 0 bridgehead atoms. The van der Waals surface area contributed by atoms with E-state index >= 15 is 0 Å². The van der Waals surface area contributed by atoms with Crippen LogP contribution in [0.5, 0.6) is 0 Å². The predicted octanol–water partition coefficient (Wildman–Crippen LogP) is 4.40. The maximum Gasteiger partial charge on any atom is 0.240 e. The fraction of sp³-hybridized carbons (Fsp3) is 0.310. The molecule has 1 saturated heterocycles. The number of benzene rings is 3. The van der Waals surface area contributed by atoms with Gasteiger partial charge in [-0.3, -0.25) is 0 Å². The SMILES string of the molecule is CC(C)NS(=O)(=O)c1cccc(Cc2nc(Nc3ccc(N4CCN(C)CC4)cc3)nc3ccccc23)c1. The summed E-state index contributed by atoms with van der Waals surface area (Å²) in [5.41, 5.74) is 4.66. The minimum atomic E-state index is -3.58. The first-order valence-electron chi connectivity index (χ1n) is 12.9. The monoisotopic (exact) mass is 530 g/mol. The van der Waals surface area contributed by atoms with Crippen molar-refractivity contribution in [1.82, 2.24) is 19.6 Å². The Labute approximate surface area is 224 Å². The molecular weight excluding hydrogens is 496 g/mol. The van der Waals surface area contributed by atoms with Crippen molar-refractivity contribution in [3.05, 3.63) is 84.1 Å². The molecule has 5 rings (SSSR count). The zero-order chi connectivity index (χ0) is 26.7. The number of anilines is 3. The third kappa shape index (κ3) is 6.12. The molecule has 0 amide bonds. The van der Waals surface area contributed by atoms with Crippen LogP contribution in [0.4, 0.5) is 17.3 Å². The summed E-state index contributed by atoms with van der Waals surface area (Å²) in [4.78, 5) is 14.6. The molecule has 0 unspecified atom stereocenters. The summed E-state index contributed by atoms with van der Waals surface area (Å²) in [5.74, 6) is 0.510. The molecule has 0 radical (unpaired) electrons. The lowest BCUT2D eigenvalue weighted by Gasteiger charge is -2.34. The molecule has 1 fully saturated rings.